The van der Waals surface area contributed by atoms with Crippen molar-refractivity contribution in [2.24, 2.45) is 0 Å². The smallest absolute Gasteiger partial charge is 0.164 e. The topological polar surface area (TPSA) is 51.8 Å². The van der Waals surface area contributed by atoms with E-state index in [0.717, 1.165) is 65.9 Å². The molecule has 0 radical (unpaired) electrons. The van der Waals surface area contributed by atoms with Crippen LogP contribution in [0.5, 0.6) is 0 Å². The number of benzene rings is 7. The van der Waals surface area contributed by atoms with Gasteiger partial charge in [-0.2, -0.15) is 0 Å². The van der Waals surface area contributed by atoms with Gasteiger partial charge in [-0.3, -0.25) is 0 Å². The molecule has 0 spiro atoms. The molecule has 4 nitrogen and oxygen atoms in total. The van der Waals surface area contributed by atoms with Gasteiger partial charge in [-0.15, -0.1) is 0 Å². The molecule has 210 valence electrons. The summed E-state index contributed by atoms with van der Waals surface area (Å²) >= 11 is 0. The molecule has 0 saturated heterocycles. The van der Waals surface area contributed by atoms with Gasteiger partial charge in [0.15, 0.2) is 17.5 Å². The number of aromatic nitrogens is 3. The first-order valence-electron chi connectivity index (χ1n) is 15.0. The second-order valence-electron chi connectivity index (χ2n) is 11.3. The Balaban J connectivity index is 1.35. The highest BCUT2D eigenvalue weighted by atomic mass is 16.3. The minimum Gasteiger partial charge on any atom is -0.455 e. The highest BCUT2D eigenvalue weighted by Crippen LogP contribution is 2.41. The number of hydrogen-bond acceptors (Lipinski definition) is 4. The fourth-order valence-corrected chi connectivity index (χ4v) is 6.29. The van der Waals surface area contributed by atoms with Crippen LogP contribution in [0.1, 0.15) is 0 Å². The van der Waals surface area contributed by atoms with E-state index in [2.05, 4.69) is 115 Å². The van der Waals surface area contributed by atoms with Crippen LogP contribution in [-0.2, 0) is 0 Å². The molecule has 0 amide bonds. The summed E-state index contributed by atoms with van der Waals surface area (Å²) in [7, 11) is 0. The maximum atomic E-state index is 6.62. The monoisotopic (exact) mass is 575 g/mol. The average molecular weight is 576 g/mol. The van der Waals surface area contributed by atoms with E-state index >= 15 is 0 Å². The zero-order chi connectivity index (χ0) is 29.7. The quantitative estimate of drug-likeness (QED) is 0.209. The fraction of sp³-hybridized carbons (Fsp3) is 0. The lowest BCUT2D eigenvalue weighted by atomic mass is 9.98. The van der Waals surface area contributed by atoms with Crippen molar-refractivity contribution >= 4 is 43.5 Å². The van der Waals surface area contributed by atoms with Gasteiger partial charge in [-0.25, -0.2) is 15.0 Å². The van der Waals surface area contributed by atoms with E-state index < -0.39 is 0 Å². The van der Waals surface area contributed by atoms with Crippen LogP contribution in [0, 0.1) is 0 Å². The maximum Gasteiger partial charge on any atom is 0.164 e. The Morgan fingerprint density at radius 3 is 1.73 bits per heavy atom. The van der Waals surface area contributed by atoms with Crippen LogP contribution in [0.15, 0.2) is 156 Å². The maximum absolute atomic E-state index is 6.62. The van der Waals surface area contributed by atoms with Crippen LogP contribution in [0.4, 0.5) is 0 Å². The van der Waals surface area contributed by atoms with E-state index in [1.807, 2.05) is 36.4 Å². The molecule has 7 aromatic carbocycles. The molecule has 0 fully saturated rings. The first-order valence-corrected chi connectivity index (χ1v) is 15.0. The zero-order valence-electron chi connectivity index (χ0n) is 24.2. The van der Waals surface area contributed by atoms with Gasteiger partial charge < -0.3 is 4.42 Å². The van der Waals surface area contributed by atoms with Gasteiger partial charge in [0.05, 0.1) is 0 Å². The summed E-state index contributed by atoms with van der Waals surface area (Å²) < 4.78 is 6.62. The third-order valence-electron chi connectivity index (χ3n) is 8.48. The van der Waals surface area contributed by atoms with Crippen LogP contribution in [0.2, 0.25) is 0 Å². The highest BCUT2D eigenvalue weighted by Gasteiger charge is 2.19. The van der Waals surface area contributed by atoms with Gasteiger partial charge >= 0.3 is 0 Å². The molecule has 9 rings (SSSR count). The summed E-state index contributed by atoms with van der Waals surface area (Å²) in [6, 6.07) is 52.2. The minimum atomic E-state index is 0.612. The van der Waals surface area contributed by atoms with Crippen molar-refractivity contribution < 1.29 is 4.42 Å². The average Bonchev–Trinajstić information content (AvgIpc) is 3.47. The molecule has 2 aromatic heterocycles. The lowest BCUT2D eigenvalue weighted by Gasteiger charge is -2.11. The normalized spacial score (nSPS) is 11.6. The van der Waals surface area contributed by atoms with Crippen LogP contribution in [-0.4, -0.2) is 15.0 Å². The van der Waals surface area contributed by atoms with Crippen LogP contribution >= 0.6 is 0 Å². The first-order chi connectivity index (χ1) is 22.3. The number of furan rings is 1. The van der Waals surface area contributed by atoms with E-state index in [-0.39, 0.29) is 0 Å². The van der Waals surface area contributed by atoms with Crippen LogP contribution < -0.4 is 0 Å². The van der Waals surface area contributed by atoms with Gasteiger partial charge in [0.2, 0.25) is 0 Å². The summed E-state index contributed by atoms with van der Waals surface area (Å²) in [6.45, 7) is 0. The Morgan fingerprint density at radius 2 is 0.956 bits per heavy atom. The Kier molecular flexibility index (Phi) is 5.78. The summed E-state index contributed by atoms with van der Waals surface area (Å²) in [5.41, 5.74) is 6.58. The van der Waals surface area contributed by atoms with Gasteiger partial charge in [0.25, 0.3) is 0 Å². The van der Waals surface area contributed by atoms with E-state index in [4.69, 9.17) is 19.4 Å². The highest BCUT2D eigenvalue weighted by molar-refractivity contribution is 6.14. The Morgan fingerprint density at radius 1 is 0.356 bits per heavy atom. The second kappa shape index (κ2) is 10.2. The molecule has 0 bridgehead atoms. The molecular weight excluding hydrogens is 550 g/mol. The van der Waals surface area contributed by atoms with Crippen molar-refractivity contribution in [3.63, 3.8) is 0 Å². The molecule has 0 aliphatic heterocycles. The molecular formula is C41H25N3O. The molecule has 0 aliphatic carbocycles. The van der Waals surface area contributed by atoms with Gasteiger partial charge in [-0.05, 0) is 51.4 Å². The fourth-order valence-electron chi connectivity index (χ4n) is 6.29. The van der Waals surface area contributed by atoms with Crippen molar-refractivity contribution in [1.29, 1.82) is 0 Å². The predicted molar refractivity (Wildman–Crippen MR) is 184 cm³/mol. The second-order valence-corrected chi connectivity index (χ2v) is 11.3. The summed E-state index contributed by atoms with van der Waals surface area (Å²) in [6.07, 6.45) is 0. The van der Waals surface area contributed by atoms with E-state index in [1.54, 1.807) is 0 Å². The molecule has 0 unspecified atom stereocenters. The van der Waals surface area contributed by atoms with Crippen molar-refractivity contribution in [3.05, 3.63) is 152 Å². The van der Waals surface area contributed by atoms with Crippen molar-refractivity contribution in [2.75, 3.05) is 0 Å². The third-order valence-corrected chi connectivity index (χ3v) is 8.48. The summed E-state index contributed by atoms with van der Waals surface area (Å²) in [5.74, 6) is 1.88. The lowest BCUT2D eigenvalue weighted by Crippen LogP contribution is -2.00. The Hall–Kier alpha value is -6.13. The van der Waals surface area contributed by atoms with E-state index in [0.29, 0.717) is 17.5 Å². The van der Waals surface area contributed by atoms with Crippen LogP contribution in [0.25, 0.3) is 88.8 Å². The summed E-state index contributed by atoms with van der Waals surface area (Å²) in [4.78, 5) is 15.3. The number of hydrogen-bond donors (Lipinski definition) is 0. The number of nitrogens with zero attached hydrogens (tertiary/aromatic N) is 3. The van der Waals surface area contributed by atoms with E-state index in [9.17, 15) is 0 Å². The standard InChI is InChI=1S/C41H25N3O/c1-3-12-27(13-4-1)34-23-31(24-36-35-22-29-17-7-8-18-30(29)25-37(35)45-38(34)36)40-42-39(28-15-5-2-6-16-28)43-41(44-40)33-21-11-19-26-14-9-10-20-32(26)33/h1-25H. The predicted octanol–water partition coefficient (Wildman–Crippen LogP) is 10.7. The van der Waals surface area contributed by atoms with Gasteiger partial charge in [-0.1, -0.05) is 127 Å². The molecule has 0 atom stereocenters. The van der Waals surface area contributed by atoms with Gasteiger partial charge in [0, 0.05) is 33.0 Å². The van der Waals surface area contributed by atoms with E-state index in [1.165, 1.54) is 5.39 Å². The third kappa shape index (κ3) is 4.35. The molecule has 0 N–H and O–H groups in total. The largest absolute Gasteiger partial charge is 0.455 e. The first kappa shape index (κ1) is 25.4. The molecule has 45 heavy (non-hydrogen) atoms. The van der Waals surface area contributed by atoms with Crippen molar-refractivity contribution in [1.82, 2.24) is 15.0 Å². The molecule has 0 saturated carbocycles. The number of fused-ring (bicyclic) bond motifs is 5. The summed E-state index contributed by atoms with van der Waals surface area (Å²) in [5, 5.41) is 6.65. The van der Waals surface area contributed by atoms with Crippen molar-refractivity contribution in [3.8, 4) is 45.3 Å². The Bertz CT molecular complexity index is 2530. The molecule has 0 aliphatic rings. The molecule has 4 heteroatoms. The van der Waals surface area contributed by atoms with Crippen LogP contribution in [0.3, 0.4) is 0 Å². The SMILES string of the molecule is c1ccc(-c2nc(-c3cc(-c4ccccc4)c4oc5cc6ccccc6cc5c4c3)nc(-c3cccc4ccccc34)n2)cc1. The minimum absolute atomic E-state index is 0.612. The molecule has 2 heterocycles. The van der Waals surface area contributed by atoms with Gasteiger partial charge in [0.1, 0.15) is 11.2 Å². The Labute approximate surface area is 259 Å². The zero-order valence-corrected chi connectivity index (χ0v) is 24.2. The molecule has 9 aromatic rings. The number of rotatable bonds is 4. The lowest BCUT2D eigenvalue weighted by molar-refractivity contribution is 0.670. The van der Waals surface area contributed by atoms with Crippen molar-refractivity contribution in [2.45, 2.75) is 0 Å².